The van der Waals surface area contributed by atoms with Crippen molar-refractivity contribution in [1.29, 1.82) is 0 Å². The maximum atomic E-state index is 13.1. The highest BCUT2D eigenvalue weighted by Crippen LogP contribution is 2.32. The summed E-state index contributed by atoms with van der Waals surface area (Å²) >= 11 is 1.35. The average Bonchev–Trinajstić information content (AvgIpc) is 3.30. The topological polar surface area (TPSA) is 107 Å². The van der Waals surface area contributed by atoms with Crippen LogP contribution in [0.25, 0.3) is 11.3 Å². The van der Waals surface area contributed by atoms with Crippen LogP contribution in [0, 0.1) is 13.8 Å². The standard InChI is InChI=1S/C24H23N5O3S2.CH4/c1-4-9-32-20-12-27-21(13-26-20)34(31)18-10-15(2)22(16(3)11-18)19-14-33-24(28-19)29-23(30)17-5-7-25-8-6-17;/h5-8,10-14H,4,9H2,1-3H3,(H,28,29,30);1H4. The SMILES string of the molecule is C.CCCOc1cnc(S(=O)c2cc(C)c(-c3csc(NC(=O)c4ccncc4)n3)c(C)c2)cn1. The number of hydrogen-bond donors (Lipinski definition) is 1. The zero-order valence-corrected chi connectivity index (χ0v) is 20.6. The van der Waals surface area contributed by atoms with Crippen molar-refractivity contribution < 1.29 is 13.7 Å². The van der Waals surface area contributed by atoms with Gasteiger partial charge in [-0.25, -0.2) is 19.2 Å². The molecule has 0 spiro atoms. The normalized spacial score (nSPS) is 11.4. The lowest BCUT2D eigenvalue weighted by Crippen LogP contribution is -2.11. The van der Waals surface area contributed by atoms with Crippen LogP contribution in [0.4, 0.5) is 5.13 Å². The van der Waals surface area contributed by atoms with E-state index < -0.39 is 10.8 Å². The summed E-state index contributed by atoms with van der Waals surface area (Å²) < 4.78 is 18.5. The summed E-state index contributed by atoms with van der Waals surface area (Å²) in [6.45, 7) is 6.47. The number of hydrogen-bond acceptors (Lipinski definition) is 8. The monoisotopic (exact) mass is 509 g/mol. The van der Waals surface area contributed by atoms with Gasteiger partial charge in [0.15, 0.2) is 10.2 Å². The predicted molar refractivity (Wildman–Crippen MR) is 138 cm³/mol. The van der Waals surface area contributed by atoms with Crippen LogP contribution in [0.15, 0.2) is 64.4 Å². The van der Waals surface area contributed by atoms with Crippen molar-refractivity contribution in [2.75, 3.05) is 11.9 Å². The minimum absolute atomic E-state index is 0. The second-order valence-corrected chi connectivity index (χ2v) is 9.76. The number of rotatable bonds is 8. The molecule has 10 heteroatoms. The van der Waals surface area contributed by atoms with Crippen LogP contribution in [0.5, 0.6) is 5.88 Å². The van der Waals surface area contributed by atoms with E-state index in [9.17, 15) is 9.00 Å². The third-order valence-electron chi connectivity index (χ3n) is 4.89. The van der Waals surface area contributed by atoms with Crippen LogP contribution < -0.4 is 10.1 Å². The largest absolute Gasteiger partial charge is 0.477 e. The number of nitrogens with zero attached hydrogens (tertiary/aromatic N) is 4. The Hall–Kier alpha value is -3.50. The smallest absolute Gasteiger partial charge is 0.257 e. The van der Waals surface area contributed by atoms with Crippen molar-refractivity contribution in [3.05, 3.63) is 71.1 Å². The molecule has 4 aromatic rings. The van der Waals surface area contributed by atoms with Crippen molar-refractivity contribution >= 4 is 33.2 Å². The van der Waals surface area contributed by atoms with Crippen LogP contribution in [0.2, 0.25) is 0 Å². The van der Waals surface area contributed by atoms with Crippen molar-refractivity contribution in [3.63, 3.8) is 0 Å². The third kappa shape index (κ3) is 6.14. The van der Waals surface area contributed by atoms with Gasteiger partial charge in [-0.3, -0.25) is 15.1 Å². The molecule has 0 saturated heterocycles. The average molecular weight is 510 g/mol. The molecule has 1 unspecified atom stereocenters. The number of ether oxygens (including phenoxy) is 1. The Bertz CT molecular complexity index is 1300. The van der Waals surface area contributed by atoms with Gasteiger partial charge >= 0.3 is 0 Å². The fourth-order valence-electron chi connectivity index (χ4n) is 3.36. The first-order chi connectivity index (χ1) is 16.5. The van der Waals surface area contributed by atoms with Crippen molar-refractivity contribution in [3.8, 4) is 17.1 Å². The Morgan fingerprint density at radius 1 is 1.11 bits per heavy atom. The lowest BCUT2D eigenvalue weighted by Gasteiger charge is -2.11. The summed E-state index contributed by atoms with van der Waals surface area (Å²) in [6, 6.07) is 7.03. The molecule has 0 aliphatic rings. The Labute approximate surface area is 211 Å². The number of pyridine rings is 1. The van der Waals surface area contributed by atoms with Crippen LogP contribution in [-0.4, -0.2) is 36.7 Å². The van der Waals surface area contributed by atoms with Gasteiger partial charge in [0.1, 0.15) is 10.8 Å². The summed E-state index contributed by atoms with van der Waals surface area (Å²) in [5, 5.41) is 5.59. The Balaban J connectivity index is 0.00000342. The Morgan fingerprint density at radius 3 is 2.46 bits per heavy atom. The van der Waals surface area contributed by atoms with Crippen molar-refractivity contribution in [2.45, 2.75) is 44.5 Å². The third-order valence-corrected chi connectivity index (χ3v) is 6.90. The molecule has 1 aromatic carbocycles. The van der Waals surface area contributed by atoms with Gasteiger partial charge < -0.3 is 4.74 Å². The molecule has 0 fully saturated rings. The Kier molecular flexibility index (Phi) is 8.78. The van der Waals surface area contributed by atoms with Crippen molar-refractivity contribution in [1.82, 2.24) is 19.9 Å². The maximum Gasteiger partial charge on any atom is 0.257 e. The van der Waals surface area contributed by atoms with Crippen LogP contribution in [-0.2, 0) is 10.8 Å². The first kappa shape index (κ1) is 26.1. The number of amides is 1. The lowest BCUT2D eigenvalue weighted by atomic mass is 10.0. The van der Waals surface area contributed by atoms with Crippen LogP contribution >= 0.6 is 11.3 Å². The summed E-state index contributed by atoms with van der Waals surface area (Å²) in [6.07, 6.45) is 6.99. The predicted octanol–water partition coefficient (Wildman–Crippen LogP) is 5.46. The molecule has 182 valence electrons. The molecular formula is C25H27N5O3S2. The van der Waals surface area contributed by atoms with E-state index in [0.29, 0.717) is 33.1 Å². The zero-order valence-electron chi connectivity index (χ0n) is 18.9. The van der Waals surface area contributed by atoms with Gasteiger partial charge in [-0.05, 0) is 55.7 Å². The second-order valence-electron chi connectivity index (χ2n) is 7.47. The lowest BCUT2D eigenvalue weighted by molar-refractivity contribution is 0.102. The molecule has 0 aliphatic carbocycles. The number of anilines is 1. The van der Waals surface area contributed by atoms with E-state index in [4.69, 9.17) is 4.74 Å². The quantitative estimate of drug-likeness (QED) is 0.336. The van der Waals surface area contributed by atoms with E-state index in [2.05, 4.69) is 25.3 Å². The highest BCUT2D eigenvalue weighted by Gasteiger charge is 2.17. The Morgan fingerprint density at radius 2 is 1.83 bits per heavy atom. The fraction of sp³-hybridized carbons (Fsp3) is 0.240. The van der Waals surface area contributed by atoms with Gasteiger partial charge in [-0.15, -0.1) is 11.3 Å². The summed E-state index contributed by atoms with van der Waals surface area (Å²) in [5.74, 6) is 0.176. The van der Waals surface area contributed by atoms with E-state index in [1.165, 1.54) is 23.7 Å². The fourth-order valence-corrected chi connectivity index (χ4v) is 5.16. The summed E-state index contributed by atoms with van der Waals surface area (Å²) in [7, 11) is -1.48. The van der Waals surface area contributed by atoms with Crippen molar-refractivity contribution in [2.24, 2.45) is 0 Å². The molecule has 3 heterocycles. The number of thiazole rings is 1. The number of aromatic nitrogens is 4. The molecule has 0 aliphatic heterocycles. The van der Waals surface area contributed by atoms with Gasteiger partial charge in [-0.2, -0.15) is 0 Å². The number of benzene rings is 1. The van der Waals surface area contributed by atoms with E-state index in [-0.39, 0.29) is 13.3 Å². The van der Waals surface area contributed by atoms with Gasteiger partial charge in [0, 0.05) is 33.8 Å². The molecule has 0 radical (unpaired) electrons. The zero-order chi connectivity index (χ0) is 24.1. The number of carbonyl (C=O) groups is 1. The molecule has 3 aromatic heterocycles. The van der Waals surface area contributed by atoms with Crippen LogP contribution in [0.1, 0.15) is 42.3 Å². The summed E-state index contributed by atoms with van der Waals surface area (Å²) in [4.78, 5) is 30.0. The molecule has 1 N–H and O–H groups in total. The molecular weight excluding hydrogens is 482 g/mol. The van der Waals surface area contributed by atoms with E-state index in [0.717, 1.165) is 28.8 Å². The molecule has 35 heavy (non-hydrogen) atoms. The molecule has 0 bridgehead atoms. The minimum atomic E-state index is -1.48. The van der Waals surface area contributed by atoms with Gasteiger partial charge in [0.05, 0.1) is 24.7 Å². The second kappa shape index (κ2) is 11.8. The molecule has 8 nitrogen and oxygen atoms in total. The van der Waals surface area contributed by atoms with E-state index >= 15 is 0 Å². The first-order valence-electron chi connectivity index (χ1n) is 10.6. The number of aryl methyl sites for hydroxylation is 2. The highest BCUT2D eigenvalue weighted by atomic mass is 32.2. The number of carbonyl (C=O) groups excluding carboxylic acids is 1. The summed E-state index contributed by atoms with van der Waals surface area (Å²) in [5.41, 5.74) is 4.06. The van der Waals surface area contributed by atoms with Crippen LogP contribution in [0.3, 0.4) is 0 Å². The molecule has 1 amide bonds. The van der Waals surface area contributed by atoms with Gasteiger partial charge in [0.2, 0.25) is 5.88 Å². The molecule has 1 atom stereocenters. The molecule has 0 saturated carbocycles. The van der Waals surface area contributed by atoms with Gasteiger partial charge in [-0.1, -0.05) is 14.4 Å². The molecule has 4 rings (SSSR count). The highest BCUT2D eigenvalue weighted by molar-refractivity contribution is 7.85. The number of nitrogens with one attached hydrogen (secondary N) is 1. The van der Waals surface area contributed by atoms with E-state index in [1.807, 2.05) is 38.3 Å². The van der Waals surface area contributed by atoms with E-state index in [1.54, 1.807) is 24.5 Å². The maximum absolute atomic E-state index is 13.1. The van der Waals surface area contributed by atoms with Gasteiger partial charge in [0.25, 0.3) is 5.91 Å². The minimum Gasteiger partial charge on any atom is -0.477 e. The first-order valence-corrected chi connectivity index (χ1v) is 12.6.